The number of benzene rings is 1. The van der Waals surface area contributed by atoms with E-state index in [2.05, 4.69) is 42.7 Å². The topological polar surface area (TPSA) is 24.1 Å². The standard InChI is InChI=1S/C13H20N2/c1-10-6-5-7-11(2)13(10)15-12-8-3-4-9-14-12/h5-7,12,14-15H,3-4,8-9H2,1-2H3. The quantitative estimate of drug-likeness (QED) is 0.774. The average Bonchev–Trinajstić information content (AvgIpc) is 2.25. The Labute approximate surface area is 92.1 Å². The van der Waals surface area contributed by atoms with E-state index in [9.17, 15) is 0 Å². The van der Waals surface area contributed by atoms with Crippen LogP contribution in [0.5, 0.6) is 0 Å². The van der Waals surface area contributed by atoms with Crippen molar-refractivity contribution in [2.45, 2.75) is 39.3 Å². The Morgan fingerprint density at radius 1 is 1.20 bits per heavy atom. The van der Waals surface area contributed by atoms with Gasteiger partial charge in [0.15, 0.2) is 0 Å². The highest BCUT2D eigenvalue weighted by Crippen LogP contribution is 2.21. The summed E-state index contributed by atoms with van der Waals surface area (Å²) in [6.45, 7) is 5.47. The van der Waals surface area contributed by atoms with Gasteiger partial charge in [-0.25, -0.2) is 0 Å². The number of hydrogen-bond donors (Lipinski definition) is 2. The molecule has 1 heterocycles. The zero-order valence-electron chi connectivity index (χ0n) is 9.64. The van der Waals surface area contributed by atoms with Gasteiger partial charge in [0.25, 0.3) is 0 Å². The number of anilines is 1. The third-order valence-electron chi connectivity index (χ3n) is 3.11. The maximum absolute atomic E-state index is 3.61. The Morgan fingerprint density at radius 3 is 2.53 bits per heavy atom. The van der Waals surface area contributed by atoms with E-state index in [4.69, 9.17) is 0 Å². The highest BCUT2D eigenvalue weighted by atomic mass is 15.1. The maximum Gasteiger partial charge on any atom is 0.0768 e. The fourth-order valence-corrected chi connectivity index (χ4v) is 2.19. The van der Waals surface area contributed by atoms with Gasteiger partial charge in [-0.05, 0) is 50.8 Å². The van der Waals surface area contributed by atoms with Gasteiger partial charge in [-0.3, -0.25) is 5.32 Å². The van der Waals surface area contributed by atoms with Crippen LogP contribution in [0.2, 0.25) is 0 Å². The van der Waals surface area contributed by atoms with Gasteiger partial charge in [0.05, 0.1) is 6.17 Å². The number of nitrogens with one attached hydrogen (secondary N) is 2. The molecule has 1 fully saturated rings. The lowest BCUT2D eigenvalue weighted by atomic mass is 10.1. The van der Waals surface area contributed by atoms with Gasteiger partial charge in [-0.2, -0.15) is 0 Å². The van der Waals surface area contributed by atoms with Crippen LogP contribution in [0, 0.1) is 13.8 Å². The SMILES string of the molecule is Cc1cccc(C)c1NC1CCCCN1. The van der Waals surface area contributed by atoms with Crippen LogP contribution in [0.1, 0.15) is 30.4 Å². The first-order chi connectivity index (χ1) is 7.27. The molecule has 2 heteroatoms. The summed E-state index contributed by atoms with van der Waals surface area (Å²) in [5.74, 6) is 0. The summed E-state index contributed by atoms with van der Waals surface area (Å²) in [6.07, 6.45) is 4.33. The minimum absolute atomic E-state index is 0.457. The summed E-state index contributed by atoms with van der Waals surface area (Å²) >= 11 is 0. The van der Waals surface area contributed by atoms with Crippen molar-refractivity contribution in [3.63, 3.8) is 0 Å². The molecule has 0 aliphatic carbocycles. The number of aryl methyl sites for hydroxylation is 2. The Kier molecular flexibility index (Phi) is 3.27. The van der Waals surface area contributed by atoms with Crippen molar-refractivity contribution in [3.8, 4) is 0 Å². The highest BCUT2D eigenvalue weighted by molar-refractivity contribution is 5.57. The second kappa shape index (κ2) is 4.67. The molecule has 1 aromatic rings. The lowest BCUT2D eigenvalue weighted by molar-refractivity contribution is 0.433. The van der Waals surface area contributed by atoms with Gasteiger partial charge in [-0.1, -0.05) is 18.2 Å². The van der Waals surface area contributed by atoms with Crippen LogP contribution in [0.4, 0.5) is 5.69 Å². The Bertz CT molecular complexity index is 307. The molecule has 2 N–H and O–H groups in total. The molecule has 0 saturated carbocycles. The molecule has 0 bridgehead atoms. The van der Waals surface area contributed by atoms with E-state index in [1.807, 2.05) is 0 Å². The molecule has 1 aliphatic rings. The molecule has 1 aromatic carbocycles. The first-order valence-corrected chi connectivity index (χ1v) is 5.83. The molecule has 0 amide bonds. The Hall–Kier alpha value is -1.02. The minimum Gasteiger partial charge on any atom is -0.369 e. The number of hydrogen-bond acceptors (Lipinski definition) is 2. The summed E-state index contributed by atoms with van der Waals surface area (Å²) in [6, 6.07) is 6.44. The first kappa shape index (κ1) is 10.5. The molecule has 0 aromatic heterocycles. The lowest BCUT2D eigenvalue weighted by Gasteiger charge is -2.27. The molecule has 0 spiro atoms. The fraction of sp³-hybridized carbons (Fsp3) is 0.538. The van der Waals surface area contributed by atoms with E-state index < -0.39 is 0 Å². The molecule has 15 heavy (non-hydrogen) atoms. The van der Waals surface area contributed by atoms with Crippen LogP contribution in [-0.2, 0) is 0 Å². The van der Waals surface area contributed by atoms with E-state index in [0.29, 0.717) is 6.17 Å². The molecule has 2 rings (SSSR count). The zero-order valence-corrected chi connectivity index (χ0v) is 9.64. The van der Waals surface area contributed by atoms with Crippen LogP contribution in [0.3, 0.4) is 0 Å². The van der Waals surface area contributed by atoms with Crippen molar-refractivity contribution in [2.75, 3.05) is 11.9 Å². The smallest absolute Gasteiger partial charge is 0.0768 e. The normalized spacial score (nSPS) is 21.3. The molecule has 1 unspecified atom stereocenters. The third kappa shape index (κ3) is 2.51. The minimum atomic E-state index is 0.457. The molecule has 82 valence electrons. The van der Waals surface area contributed by atoms with Gasteiger partial charge in [0, 0.05) is 5.69 Å². The number of piperidine rings is 1. The predicted molar refractivity (Wildman–Crippen MR) is 65.2 cm³/mol. The molecular weight excluding hydrogens is 184 g/mol. The van der Waals surface area contributed by atoms with Gasteiger partial charge in [0.2, 0.25) is 0 Å². The monoisotopic (exact) mass is 204 g/mol. The van der Waals surface area contributed by atoms with Gasteiger partial charge >= 0.3 is 0 Å². The van der Waals surface area contributed by atoms with Crippen LogP contribution in [-0.4, -0.2) is 12.7 Å². The maximum atomic E-state index is 3.61. The molecule has 2 nitrogen and oxygen atoms in total. The molecular formula is C13H20N2. The summed E-state index contributed by atoms with van der Waals surface area (Å²) in [5, 5.41) is 7.12. The first-order valence-electron chi connectivity index (χ1n) is 5.83. The lowest BCUT2D eigenvalue weighted by Crippen LogP contribution is -2.40. The summed E-state index contributed by atoms with van der Waals surface area (Å²) in [4.78, 5) is 0. The number of para-hydroxylation sites is 1. The van der Waals surface area contributed by atoms with Crippen molar-refractivity contribution in [3.05, 3.63) is 29.3 Å². The van der Waals surface area contributed by atoms with Crippen molar-refractivity contribution < 1.29 is 0 Å². The summed E-state index contributed by atoms with van der Waals surface area (Å²) in [7, 11) is 0. The van der Waals surface area contributed by atoms with Gasteiger partial charge in [-0.15, -0.1) is 0 Å². The molecule has 1 atom stereocenters. The zero-order chi connectivity index (χ0) is 10.7. The Balaban J connectivity index is 2.09. The van der Waals surface area contributed by atoms with Crippen molar-refractivity contribution in [1.29, 1.82) is 0 Å². The molecule has 0 radical (unpaired) electrons. The summed E-state index contributed by atoms with van der Waals surface area (Å²) < 4.78 is 0. The third-order valence-corrected chi connectivity index (χ3v) is 3.11. The Morgan fingerprint density at radius 2 is 1.93 bits per heavy atom. The second-order valence-electron chi connectivity index (χ2n) is 4.41. The van der Waals surface area contributed by atoms with Crippen LogP contribution < -0.4 is 10.6 Å². The summed E-state index contributed by atoms with van der Waals surface area (Å²) in [5.41, 5.74) is 3.97. The number of rotatable bonds is 2. The van der Waals surface area contributed by atoms with E-state index in [-0.39, 0.29) is 0 Å². The fourth-order valence-electron chi connectivity index (χ4n) is 2.19. The van der Waals surface area contributed by atoms with Gasteiger partial charge in [0.1, 0.15) is 0 Å². The van der Waals surface area contributed by atoms with Crippen LogP contribution >= 0.6 is 0 Å². The molecule has 1 aliphatic heterocycles. The predicted octanol–water partition coefficient (Wildman–Crippen LogP) is 2.81. The van der Waals surface area contributed by atoms with E-state index in [1.54, 1.807) is 0 Å². The molecule has 1 saturated heterocycles. The van der Waals surface area contributed by atoms with Crippen LogP contribution in [0.15, 0.2) is 18.2 Å². The van der Waals surface area contributed by atoms with Gasteiger partial charge < -0.3 is 5.32 Å². The second-order valence-corrected chi connectivity index (χ2v) is 4.41. The van der Waals surface area contributed by atoms with Crippen molar-refractivity contribution >= 4 is 5.69 Å². The van der Waals surface area contributed by atoms with E-state index >= 15 is 0 Å². The highest BCUT2D eigenvalue weighted by Gasteiger charge is 2.13. The average molecular weight is 204 g/mol. The van der Waals surface area contributed by atoms with E-state index in [0.717, 1.165) is 6.54 Å². The van der Waals surface area contributed by atoms with Crippen LogP contribution in [0.25, 0.3) is 0 Å². The van der Waals surface area contributed by atoms with Crippen molar-refractivity contribution in [2.24, 2.45) is 0 Å². The van der Waals surface area contributed by atoms with E-state index in [1.165, 1.54) is 36.1 Å². The largest absolute Gasteiger partial charge is 0.369 e. The van der Waals surface area contributed by atoms with Crippen molar-refractivity contribution in [1.82, 2.24) is 5.32 Å².